The predicted molar refractivity (Wildman–Crippen MR) is 99.1 cm³/mol. The van der Waals surface area contributed by atoms with Crippen LogP contribution in [0.15, 0.2) is 24.3 Å². The summed E-state index contributed by atoms with van der Waals surface area (Å²) >= 11 is 0. The van der Waals surface area contributed by atoms with Crippen molar-refractivity contribution in [2.24, 2.45) is 11.8 Å². The zero-order valence-corrected chi connectivity index (χ0v) is 16.1. The molecule has 2 aliphatic rings. The summed E-state index contributed by atoms with van der Waals surface area (Å²) in [6.07, 6.45) is -1.01. The number of halogens is 4. The lowest BCUT2D eigenvalue weighted by Gasteiger charge is -2.32. The molecule has 1 amide bonds. The normalized spacial score (nSPS) is 22.9. The summed E-state index contributed by atoms with van der Waals surface area (Å²) in [5.74, 6) is 0.127. The fourth-order valence-corrected chi connectivity index (χ4v) is 3.84. The molecule has 3 rings (SSSR count). The average Bonchev–Trinajstić information content (AvgIpc) is 3.39. The highest BCUT2D eigenvalue weighted by Gasteiger charge is 2.48. The van der Waals surface area contributed by atoms with E-state index in [1.165, 1.54) is 12.1 Å². The van der Waals surface area contributed by atoms with E-state index in [0.29, 0.717) is 17.9 Å². The Morgan fingerprint density at radius 3 is 2.56 bits per heavy atom. The fraction of sp³-hybridized carbons (Fsp3) is 0.632. The third-order valence-corrected chi connectivity index (χ3v) is 5.38. The van der Waals surface area contributed by atoms with Crippen LogP contribution in [0, 0.1) is 11.8 Å². The number of carbonyl (C=O) groups is 1. The number of likely N-dealkylation sites (tertiary alicyclic amines) is 1. The zero-order valence-electron chi connectivity index (χ0n) is 15.3. The lowest BCUT2D eigenvalue weighted by Crippen LogP contribution is -2.40. The molecular weight excluding hydrogens is 381 g/mol. The minimum atomic E-state index is -4.72. The Hall–Kier alpha value is -1.47. The van der Waals surface area contributed by atoms with E-state index in [0.717, 1.165) is 38.9 Å². The molecule has 152 valence electrons. The summed E-state index contributed by atoms with van der Waals surface area (Å²) in [4.78, 5) is 14.6. The Bertz CT molecular complexity index is 634. The van der Waals surface area contributed by atoms with Gasteiger partial charge in [0.15, 0.2) is 0 Å². The number of hydrogen-bond acceptors (Lipinski definition) is 3. The van der Waals surface area contributed by atoms with E-state index in [-0.39, 0.29) is 35.9 Å². The van der Waals surface area contributed by atoms with E-state index in [9.17, 15) is 18.0 Å². The van der Waals surface area contributed by atoms with Gasteiger partial charge in [-0.25, -0.2) is 0 Å². The van der Waals surface area contributed by atoms with Gasteiger partial charge in [0, 0.05) is 19.0 Å². The quantitative estimate of drug-likeness (QED) is 0.777. The van der Waals surface area contributed by atoms with E-state index in [4.69, 9.17) is 0 Å². The molecule has 1 aliphatic heterocycles. The first-order valence-electron chi connectivity index (χ1n) is 9.17. The molecule has 0 aromatic heterocycles. The van der Waals surface area contributed by atoms with Gasteiger partial charge in [0.05, 0.1) is 0 Å². The molecule has 1 aromatic carbocycles. The Kier molecular flexibility index (Phi) is 7.40. The molecule has 2 fully saturated rings. The van der Waals surface area contributed by atoms with Crippen molar-refractivity contribution in [3.8, 4) is 5.75 Å². The molecule has 8 heteroatoms. The van der Waals surface area contributed by atoms with Gasteiger partial charge in [-0.1, -0.05) is 18.2 Å². The van der Waals surface area contributed by atoms with Crippen molar-refractivity contribution in [2.45, 2.75) is 38.0 Å². The Morgan fingerprint density at radius 2 is 1.93 bits per heavy atom. The largest absolute Gasteiger partial charge is 0.573 e. The predicted octanol–water partition coefficient (Wildman–Crippen LogP) is 3.96. The van der Waals surface area contributed by atoms with E-state index >= 15 is 0 Å². The van der Waals surface area contributed by atoms with Crippen LogP contribution in [0.25, 0.3) is 0 Å². The number of ether oxygens (including phenoxy) is 1. The number of carbonyl (C=O) groups excluding carboxylic acids is 1. The number of hydrogen-bond donors (Lipinski definition) is 1. The molecule has 4 nitrogen and oxygen atoms in total. The second-order valence-corrected chi connectivity index (χ2v) is 7.20. The molecular formula is C19H26ClF3N2O2. The van der Waals surface area contributed by atoms with E-state index in [1.54, 1.807) is 12.1 Å². The van der Waals surface area contributed by atoms with Crippen LogP contribution in [-0.2, 0) is 4.79 Å². The standard InChI is InChI=1S/C19H25F3N2O2.ClH/c1-23-9-6-13-7-10-24(11-8-13)18(25)16-12-15(16)14-4-2-3-5-17(14)26-19(20,21)22;/h2-5,13,15-16,23H,6-12H2,1H3;1H. The van der Waals surface area contributed by atoms with Crippen LogP contribution in [0.5, 0.6) is 5.75 Å². The monoisotopic (exact) mass is 406 g/mol. The number of nitrogens with one attached hydrogen (secondary N) is 1. The maximum absolute atomic E-state index is 12.7. The first kappa shape index (κ1) is 21.8. The second-order valence-electron chi connectivity index (χ2n) is 7.20. The van der Waals surface area contributed by atoms with Crippen molar-refractivity contribution in [2.75, 3.05) is 26.7 Å². The molecule has 0 bridgehead atoms. The molecule has 1 saturated carbocycles. The molecule has 2 atom stereocenters. The second kappa shape index (κ2) is 9.15. The summed E-state index contributed by atoms with van der Waals surface area (Å²) in [5, 5.41) is 3.15. The highest BCUT2D eigenvalue weighted by atomic mass is 35.5. The van der Waals surface area contributed by atoms with Crippen molar-refractivity contribution >= 4 is 18.3 Å². The van der Waals surface area contributed by atoms with Crippen LogP contribution in [0.3, 0.4) is 0 Å². The third kappa shape index (κ3) is 5.75. The van der Waals surface area contributed by atoms with Gasteiger partial charge in [0.25, 0.3) is 0 Å². The van der Waals surface area contributed by atoms with Crippen molar-refractivity contribution in [1.82, 2.24) is 10.2 Å². The Labute approximate surface area is 163 Å². The van der Waals surface area contributed by atoms with Crippen molar-refractivity contribution in [3.05, 3.63) is 29.8 Å². The maximum Gasteiger partial charge on any atom is 0.573 e. The highest BCUT2D eigenvalue weighted by Crippen LogP contribution is 2.52. The van der Waals surface area contributed by atoms with E-state index in [1.807, 2.05) is 11.9 Å². The van der Waals surface area contributed by atoms with Crippen LogP contribution in [0.4, 0.5) is 13.2 Å². The lowest BCUT2D eigenvalue weighted by atomic mass is 9.93. The van der Waals surface area contributed by atoms with Crippen LogP contribution in [0.1, 0.15) is 37.2 Å². The van der Waals surface area contributed by atoms with Gasteiger partial charge in [0.2, 0.25) is 5.91 Å². The van der Waals surface area contributed by atoms with Crippen molar-refractivity contribution in [3.63, 3.8) is 0 Å². The number of amides is 1. The lowest BCUT2D eigenvalue weighted by molar-refractivity contribution is -0.274. The van der Waals surface area contributed by atoms with Crippen molar-refractivity contribution in [1.29, 1.82) is 0 Å². The molecule has 0 radical (unpaired) electrons. The number of para-hydroxylation sites is 1. The number of benzene rings is 1. The number of nitrogens with zero attached hydrogens (tertiary/aromatic N) is 1. The van der Waals surface area contributed by atoms with Gasteiger partial charge < -0.3 is 15.0 Å². The molecule has 2 unspecified atom stereocenters. The van der Waals surface area contributed by atoms with E-state index in [2.05, 4.69) is 10.1 Å². The number of rotatable bonds is 6. The number of piperidine rings is 1. The Morgan fingerprint density at radius 1 is 1.26 bits per heavy atom. The van der Waals surface area contributed by atoms with Gasteiger partial charge in [-0.15, -0.1) is 25.6 Å². The van der Waals surface area contributed by atoms with Gasteiger partial charge in [-0.05, 0) is 62.7 Å². The smallest absolute Gasteiger partial charge is 0.405 e. The summed E-state index contributed by atoms with van der Waals surface area (Å²) in [6, 6.07) is 6.14. The first-order valence-corrected chi connectivity index (χ1v) is 9.17. The SMILES string of the molecule is CNCCC1CCN(C(=O)C2CC2c2ccccc2OC(F)(F)F)CC1.Cl. The molecule has 1 aliphatic carbocycles. The number of alkyl halides is 3. The molecule has 0 spiro atoms. The van der Waals surface area contributed by atoms with Crippen LogP contribution in [-0.4, -0.2) is 43.9 Å². The molecule has 1 saturated heterocycles. The molecule has 1 N–H and O–H groups in total. The summed E-state index contributed by atoms with van der Waals surface area (Å²) < 4.78 is 41.9. The highest BCUT2D eigenvalue weighted by molar-refractivity contribution is 5.85. The van der Waals surface area contributed by atoms with E-state index < -0.39 is 6.36 Å². The van der Waals surface area contributed by atoms with Crippen LogP contribution in [0.2, 0.25) is 0 Å². The van der Waals surface area contributed by atoms with Gasteiger partial charge in [0.1, 0.15) is 5.75 Å². The van der Waals surface area contributed by atoms with Crippen LogP contribution >= 0.6 is 12.4 Å². The molecule has 1 heterocycles. The van der Waals surface area contributed by atoms with Crippen LogP contribution < -0.4 is 10.1 Å². The summed E-state index contributed by atoms with van der Waals surface area (Å²) in [5.41, 5.74) is 0.479. The zero-order chi connectivity index (χ0) is 18.7. The van der Waals surface area contributed by atoms with Gasteiger partial charge in [-0.2, -0.15) is 0 Å². The molecule has 27 heavy (non-hydrogen) atoms. The van der Waals surface area contributed by atoms with Gasteiger partial charge >= 0.3 is 6.36 Å². The van der Waals surface area contributed by atoms with Gasteiger partial charge in [-0.3, -0.25) is 4.79 Å². The maximum atomic E-state index is 12.7. The Balaban J connectivity index is 0.00000261. The first-order chi connectivity index (χ1) is 12.4. The molecule has 1 aromatic rings. The third-order valence-electron chi connectivity index (χ3n) is 5.38. The minimum Gasteiger partial charge on any atom is -0.405 e. The average molecular weight is 407 g/mol. The summed E-state index contributed by atoms with van der Waals surface area (Å²) in [6.45, 7) is 2.48. The fourth-order valence-electron chi connectivity index (χ4n) is 3.84. The topological polar surface area (TPSA) is 41.6 Å². The minimum absolute atomic E-state index is 0. The summed E-state index contributed by atoms with van der Waals surface area (Å²) in [7, 11) is 1.94. The van der Waals surface area contributed by atoms with Crippen molar-refractivity contribution < 1.29 is 22.7 Å².